The summed E-state index contributed by atoms with van der Waals surface area (Å²) in [5, 5.41) is 14.3. The van der Waals surface area contributed by atoms with Crippen molar-refractivity contribution in [2.24, 2.45) is 0 Å². The quantitative estimate of drug-likeness (QED) is 0.729. The van der Waals surface area contributed by atoms with Crippen molar-refractivity contribution in [3.8, 4) is 5.82 Å². The standard InChI is InChI=1S/C15H18N8O/c1-10-6-14(20-15(24)8-22-11(2)4-5-19-22)23(21-10)13-7-12(16-3)17-9-18-13/h4-7,9H,8H2,1-3H3,(H,20,24)(H,16,17,18). The van der Waals surface area contributed by atoms with Crippen LogP contribution >= 0.6 is 0 Å². The van der Waals surface area contributed by atoms with Crippen LogP contribution in [-0.2, 0) is 11.3 Å². The number of amides is 1. The summed E-state index contributed by atoms with van der Waals surface area (Å²) in [6, 6.07) is 5.39. The minimum Gasteiger partial charge on any atom is -0.373 e. The zero-order valence-corrected chi connectivity index (χ0v) is 13.7. The monoisotopic (exact) mass is 326 g/mol. The van der Waals surface area contributed by atoms with Gasteiger partial charge >= 0.3 is 0 Å². The molecule has 0 unspecified atom stereocenters. The summed E-state index contributed by atoms with van der Waals surface area (Å²) in [5.74, 6) is 1.58. The second-order valence-corrected chi connectivity index (χ2v) is 5.27. The van der Waals surface area contributed by atoms with E-state index in [1.807, 2.05) is 19.9 Å². The van der Waals surface area contributed by atoms with Gasteiger partial charge in [-0.3, -0.25) is 9.48 Å². The maximum absolute atomic E-state index is 12.3. The SMILES string of the molecule is CNc1cc(-n2nc(C)cc2NC(=O)Cn2nccc2C)ncn1. The largest absolute Gasteiger partial charge is 0.373 e. The number of anilines is 2. The number of nitrogens with one attached hydrogen (secondary N) is 2. The van der Waals surface area contributed by atoms with E-state index >= 15 is 0 Å². The summed E-state index contributed by atoms with van der Waals surface area (Å²) < 4.78 is 3.21. The fourth-order valence-corrected chi connectivity index (χ4v) is 2.25. The van der Waals surface area contributed by atoms with Gasteiger partial charge in [0.25, 0.3) is 0 Å². The minimum absolute atomic E-state index is 0.134. The molecule has 0 aromatic carbocycles. The van der Waals surface area contributed by atoms with E-state index in [4.69, 9.17) is 0 Å². The number of aromatic nitrogens is 6. The highest BCUT2D eigenvalue weighted by molar-refractivity contribution is 5.90. The molecule has 9 heteroatoms. The molecule has 0 fully saturated rings. The van der Waals surface area contributed by atoms with Crippen molar-refractivity contribution in [1.29, 1.82) is 0 Å². The van der Waals surface area contributed by atoms with Crippen LogP contribution < -0.4 is 10.6 Å². The first-order chi connectivity index (χ1) is 11.6. The minimum atomic E-state index is -0.189. The van der Waals surface area contributed by atoms with Gasteiger partial charge in [0.1, 0.15) is 24.5 Å². The molecular formula is C15H18N8O. The van der Waals surface area contributed by atoms with Crippen molar-refractivity contribution in [2.45, 2.75) is 20.4 Å². The van der Waals surface area contributed by atoms with Crippen LogP contribution in [-0.4, -0.2) is 42.5 Å². The molecular weight excluding hydrogens is 308 g/mol. The molecule has 2 N–H and O–H groups in total. The fraction of sp³-hybridized carbons (Fsp3) is 0.267. The van der Waals surface area contributed by atoms with Crippen molar-refractivity contribution in [2.75, 3.05) is 17.7 Å². The molecule has 0 spiro atoms. The van der Waals surface area contributed by atoms with Crippen LogP contribution in [0.25, 0.3) is 5.82 Å². The van der Waals surface area contributed by atoms with Crippen molar-refractivity contribution in [3.63, 3.8) is 0 Å². The number of rotatable bonds is 5. The van der Waals surface area contributed by atoms with Crippen molar-refractivity contribution < 1.29 is 4.79 Å². The molecule has 0 aliphatic carbocycles. The molecule has 9 nitrogen and oxygen atoms in total. The molecule has 1 amide bonds. The molecule has 3 heterocycles. The Bertz CT molecular complexity index is 866. The fourth-order valence-electron chi connectivity index (χ4n) is 2.25. The van der Waals surface area contributed by atoms with Crippen LogP contribution in [0.2, 0.25) is 0 Å². The lowest BCUT2D eigenvalue weighted by Gasteiger charge is -2.09. The van der Waals surface area contributed by atoms with Crippen LogP contribution in [0.15, 0.2) is 30.7 Å². The Morgan fingerprint density at radius 2 is 2.08 bits per heavy atom. The number of nitrogens with zero attached hydrogens (tertiary/aromatic N) is 6. The second kappa shape index (κ2) is 6.49. The molecule has 24 heavy (non-hydrogen) atoms. The molecule has 3 rings (SSSR count). The van der Waals surface area contributed by atoms with Gasteiger partial charge in [0.2, 0.25) is 5.91 Å². The third kappa shape index (κ3) is 3.24. The number of hydrogen-bond donors (Lipinski definition) is 2. The van der Waals surface area contributed by atoms with E-state index in [1.165, 1.54) is 6.33 Å². The third-order valence-electron chi connectivity index (χ3n) is 3.45. The molecule has 3 aromatic heterocycles. The lowest BCUT2D eigenvalue weighted by molar-refractivity contribution is -0.117. The smallest absolute Gasteiger partial charge is 0.247 e. The molecule has 0 bridgehead atoms. The van der Waals surface area contributed by atoms with Gasteiger partial charge in [0, 0.05) is 31.1 Å². The summed E-state index contributed by atoms with van der Waals surface area (Å²) in [4.78, 5) is 20.6. The summed E-state index contributed by atoms with van der Waals surface area (Å²) in [7, 11) is 1.77. The summed E-state index contributed by atoms with van der Waals surface area (Å²) >= 11 is 0. The van der Waals surface area contributed by atoms with Gasteiger partial charge in [-0.05, 0) is 19.9 Å². The Labute approximate surface area is 138 Å². The van der Waals surface area contributed by atoms with Crippen LogP contribution in [0, 0.1) is 13.8 Å². The highest BCUT2D eigenvalue weighted by Crippen LogP contribution is 2.17. The molecule has 0 atom stereocenters. The molecule has 0 aliphatic rings. The van der Waals surface area contributed by atoms with E-state index < -0.39 is 0 Å². The highest BCUT2D eigenvalue weighted by atomic mass is 16.2. The van der Waals surface area contributed by atoms with E-state index in [2.05, 4.69) is 30.8 Å². The first-order valence-electron chi connectivity index (χ1n) is 7.42. The molecule has 0 saturated carbocycles. The van der Waals surface area contributed by atoms with Crippen LogP contribution in [0.1, 0.15) is 11.4 Å². The third-order valence-corrected chi connectivity index (χ3v) is 3.45. The number of carbonyl (C=O) groups excluding carboxylic acids is 1. The van der Waals surface area contributed by atoms with Crippen molar-refractivity contribution in [1.82, 2.24) is 29.5 Å². The maximum atomic E-state index is 12.3. The molecule has 0 radical (unpaired) electrons. The van der Waals surface area contributed by atoms with Crippen molar-refractivity contribution in [3.05, 3.63) is 42.1 Å². The molecule has 3 aromatic rings. The van der Waals surface area contributed by atoms with Gasteiger partial charge in [-0.15, -0.1) is 0 Å². The van der Waals surface area contributed by atoms with E-state index in [0.29, 0.717) is 17.5 Å². The normalized spacial score (nSPS) is 10.6. The Morgan fingerprint density at radius 1 is 1.25 bits per heavy atom. The first-order valence-corrected chi connectivity index (χ1v) is 7.42. The van der Waals surface area contributed by atoms with E-state index in [0.717, 1.165) is 11.4 Å². The van der Waals surface area contributed by atoms with Gasteiger partial charge < -0.3 is 10.6 Å². The Hall–Kier alpha value is -3.23. The highest BCUT2D eigenvalue weighted by Gasteiger charge is 2.13. The predicted molar refractivity (Wildman–Crippen MR) is 89.0 cm³/mol. The van der Waals surface area contributed by atoms with E-state index in [-0.39, 0.29) is 12.5 Å². The van der Waals surface area contributed by atoms with E-state index in [9.17, 15) is 4.79 Å². The second-order valence-electron chi connectivity index (χ2n) is 5.27. The van der Waals surface area contributed by atoms with Gasteiger partial charge in [-0.1, -0.05) is 0 Å². The predicted octanol–water partition coefficient (Wildman–Crippen LogP) is 1.16. The first kappa shape index (κ1) is 15.7. The Kier molecular flexibility index (Phi) is 4.23. The summed E-state index contributed by atoms with van der Waals surface area (Å²) in [5.41, 5.74) is 1.69. The average Bonchev–Trinajstić information content (AvgIpc) is 3.13. The van der Waals surface area contributed by atoms with Gasteiger partial charge in [-0.25, -0.2) is 9.97 Å². The molecule has 0 saturated heterocycles. The average molecular weight is 326 g/mol. The lowest BCUT2D eigenvalue weighted by atomic mass is 10.4. The number of aryl methyl sites for hydroxylation is 2. The zero-order chi connectivity index (χ0) is 17.1. The number of carbonyl (C=O) groups is 1. The van der Waals surface area contributed by atoms with Gasteiger partial charge in [0.05, 0.1) is 5.69 Å². The van der Waals surface area contributed by atoms with Crippen LogP contribution in [0.4, 0.5) is 11.6 Å². The lowest BCUT2D eigenvalue weighted by Crippen LogP contribution is -2.22. The number of hydrogen-bond acceptors (Lipinski definition) is 6. The topological polar surface area (TPSA) is 103 Å². The van der Waals surface area contributed by atoms with E-state index in [1.54, 1.807) is 34.7 Å². The molecule has 0 aliphatic heterocycles. The Morgan fingerprint density at radius 3 is 2.79 bits per heavy atom. The summed E-state index contributed by atoms with van der Waals surface area (Å²) in [6.45, 7) is 3.88. The van der Waals surface area contributed by atoms with Crippen molar-refractivity contribution >= 4 is 17.5 Å². The molecule has 124 valence electrons. The van der Waals surface area contributed by atoms with Gasteiger partial charge in [0.15, 0.2) is 5.82 Å². The maximum Gasteiger partial charge on any atom is 0.247 e. The van der Waals surface area contributed by atoms with Crippen LogP contribution in [0.3, 0.4) is 0 Å². The van der Waals surface area contributed by atoms with Crippen LogP contribution in [0.5, 0.6) is 0 Å². The Balaban J connectivity index is 1.83. The van der Waals surface area contributed by atoms with Gasteiger partial charge in [-0.2, -0.15) is 14.9 Å². The zero-order valence-electron chi connectivity index (χ0n) is 13.7. The summed E-state index contributed by atoms with van der Waals surface area (Å²) in [6.07, 6.45) is 3.11.